The fourth-order valence-electron chi connectivity index (χ4n) is 4.67. The number of carbonyl (C=O) groups is 2. The van der Waals surface area contributed by atoms with Crippen LogP contribution in [0.2, 0.25) is 0 Å². The lowest BCUT2D eigenvalue weighted by atomic mass is 9.78. The lowest BCUT2D eigenvalue weighted by Gasteiger charge is -2.35. The van der Waals surface area contributed by atoms with Crippen molar-refractivity contribution in [3.05, 3.63) is 64.7 Å². The summed E-state index contributed by atoms with van der Waals surface area (Å²) in [6.45, 7) is 2.40. The van der Waals surface area contributed by atoms with Crippen LogP contribution in [0.5, 0.6) is 5.75 Å². The van der Waals surface area contributed by atoms with Gasteiger partial charge >= 0.3 is 0 Å². The van der Waals surface area contributed by atoms with E-state index < -0.39 is 0 Å². The minimum atomic E-state index is -0.198. The molecule has 0 atom stereocenters. The van der Waals surface area contributed by atoms with Gasteiger partial charge in [-0.25, -0.2) is 0 Å². The summed E-state index contributed by atoms with van der Waals surface area (Å²) in [5, 5.41) is 2.67. The summed E-state index contributed by atoms with van der Waals surface area (Å²) in [6.07, 6.45) is 4.14. The van der Waals surface area contributed by atoms with Crippen LogP contribution in [-0.2, 0) is 10.2 Å². The Morgan fingerprint density at radius 1 is 1.15 bits per heavy atom. The van der Waals surface area contributed by atoms with Crippen LogP contribution in [0.4, 0.5) is 0 Å². The van der Waals surface area contributed by atoms with Gasteiger partial charge in [-0.05, 0) is 61.7 Å². The van der Waals surface area contributed by atoms with Crippen molar-refractivity contribution in [1.82, 2.24) is 10.2 Å². The molecular weight excluding hydrogens is 436 g/mol. The van der Waals surface area contributed by atoms with Crippen molar-refractivity contribution >= 4 is 23.2 Å². The third-order valence-corrected chi connectivity index (χ3v) is 7.52. The zero-order valence-corrected chi connectivity index (χ0v) is 20.2. The molecule has 1 fully saturated rings. The smallest absolute Gasteiger partial charge is 0.264 e. The van der Waals surface area contributed by atoms with Gasteiger partial charge in [0.1, 0.15) is 17.3 Å². The topological polar surface area (TPSA) is 71.8 Å². The minimum Gasteiger partial charge on any atom is -0.497 e. The van der Waals surface area contributed by atoms with Crippen LogP contribution < -0.4 is 10.1 Å². The maximum Gasteiger partial charge on any atom is 0.264 e. The highest BCUT2D eigenvalue weighted by atomic mass is 32.1. The molecule has 2 amide bonds. The molecule has 0 unspecified atom stereocenters. The van der Waals surface area contributed by atoms with E-state index in [1.165, 1.54) is 11.3 Å². The second-order valence-corrected chi connectivity index (χ2v) is 9.71. The van der Waals surface area contributed by atoms with Gasteiger partial charge in [0.2, 0.25) is 5.91 Å². The standard InChI is InChI=1S/C26H30N2O4S/c1-18-9-10-21(32-18)22-11-12-23(33-22)25(30)28(16-24(29)27-2)17-26(13-4-5-14-26)19-7-6-8-20(15-19)31-3/h6-12,15H,4-5,13-14,16-17H2,1-3H3,(H,27,29). The van der Waals surface area contributed by atoms with Crippen LogP contribution in [0.25, 0.3) is 10.6 Å². The van der Waals surface area contributed by atoms with Gasteiger partial charge in [0, 0.05) is 19.0 Å². The number of methoxy groups -OCH3 is 1. The third-order valence-electron chi connectivity index (χ3n) is 6.44. The number of nitrogens with one attached hydrogen (secondary N) is 1. The molecule has 0 bridgehead atoms. The average molecular weight is 467 g/mol. The molecule has 7 heteroatoms. The second kappa shape index (κ2) is 9.83. The van der Waals surface area contributed by atoms with Gasteiger partial charge < -0.3 is 19.4 Å². The number of likely N-dealkylation sites (N-methyl/N-ethyl adjacent to an activating group) is 1. The number of rotatable bonds is 8. The Balaban J connectivity index is 1.64. The second-order valence-electron chi connectivity index (χ2n) is 8.63. The van der Waals surface area contributed by atoms with Crippen molar-refractivity contribution in [2.24, 2.45) is 0 Å². The largest absolute Gasteiger partial charge is 0.497 e. The molecule has 3 aromatic rings. The molecule has 4 rings (SSSR count). The number of nitrogens with zero attached hydrogens (tertiary/aromatic N) is 1. The van der Waals surface area contributed by atoms with Crippen LogP contribution in [-0.4, -0.2) is 44.0 Å². The van der Waals surface area contributed by atoms with E-state index in [0.717, 1.165) is 53.4 Å². The molecule has 2 heterocycles. The first-order valence-corrected chi connectivity index (χ1v) is 12.1. The first-order valence-electron chi connectivity index (χ1n) is 11.3. The van der Waals surface area contributed by atoms with Crippen LogP contribution in [0, 0.1) is 6.92 Å². The maximum atomic E-state index is 13.6. The molecule has 33 heavy (non-hydrogen) atoms. The number of ether oxygens (including phenoxy) is 1. The number of aryl methyl sites for hydroxylation is 1. The predicted molar refractivity (Wildman–Crippen MR) is 130 cm³/mol. The Morgan fingerprint density at radius 2 is 1.94 bits per heavy atom. The molecule has 0 spiro atoms. The Bertz CT molecular complexity index is 1130. The Morgan fingerprint density at radius 3 is 2.61 bits per heavy atom. The fourth-order valence-corrected chi connectivity index (χ4v) is 5.60. The van der Waals surface area contributed by atoms with E-state index in [9.17, 15) is 9.59 Å². The number of hydrogen-bond acceptors (Lipinski definition) is 5. The van der Waals surface area contributed by atoms with E-state index >= 15 is 0 Å². The monoisotopic (exact) mass is 466 g/mol. The van der Waals surface area contributed by atoms with Gasteiger partial charge in [-0.2, -0.15) is 0 Å². The van der Waals surface area contributed by atoms with E-state index in [1.807, 2.05) is 43.3 Å². The zero-order valence-electron chi connectivity index (χ0n) is 19.3. The van der Waals surface area contributed by atoms with Crippen LogP contribution >= 0.6 is 11.3 Å². The summed E-state index contributed by atoms with van der Waals surface area (Å²) >= 11 is 1.39. The van der Waals surface area contributed by atoms with Gasteiger partial charge in [-0.15, -0.1) is 11.3 Å². The van der Waals surface area contributed by atoms with Crippen molar-refractivity contribution in [3.8, 4) is 16.4 Å². The molecule has 1 aliphatic rings. The molecular formula is C26H30N2O4S. The quantitative estimate of drug-likeness (QED) is 0.506. The Kier molecular flexibility index (Phi) is 6.88. The summed E-state index contributed by atoms with van der Waals surface area (Å²) in [6, 6.07) is 15.7. The van der Waals surface area contributed by atoms with Crippen molar-refractivity contribution in [1.29, 1.82) is 0 Å². The van der Waals surface area contributed by atoms with Crippen molar-refractivity contribution in [2.75, 3.05) is 27.2 Å². The van der Waals surface area contributed by atoms with Crippen LogP contribution in [0.15, 0.2) is 52.9 Å². The fraction of sp³-hybridized carbons (Fsp3) is 0.385. The molecule has 0 radical (unpaired) electrons. The summed E-state index contributed by atoms with van der Waals surface area (Å²) in [5.41, 5.74) is 0.961. The molecule has 2 aromatic heterocycles. The zero-order chi connectivity index (χ0) is 23.4. The summed E-state index contributed by atoms with van der Waals surface area (Å²) in [5.74, 6) is 2.07. The van der Waals surface area contributed by atoms with Gasteiger partial charge in [-0.3, -0.25) is 9.59 Å². The normalized spacial score (nSPS) is 14.8. The molecule has 1 saturated carbocycles. The number of amides is 2. The highest BCUT2D eigenvalue weighted by Gasteiger charge is 2.39. The summed E-state index contributed by atoms with van der Waals surface area (Å²) in [7, 11) is 3.26. The molecule has 1 N–H and O–H groups in total. The van der Waals surface area contributed by atoms with Crippen LogP contribution in [0.3, 0.4) is 0 Å². The number of carbonyl (C=O) groups excluding carboxylic acids is 2. The lowest BCUT2D eigenvalue weighted by Crippen LogP contribution is -2.46. The van der Waals surface area contributed by atoms with E-state index in [1.54, 1.807) is 19.1 Å². The summed E-state index contributed by atoms with van der Waals surface area (Å²) < 4.78 is 11.2. The highest BCUT2D eigenvalue weighted by molar-refractivity contribution is 7.17. The third kappa shape index (κ3) is 4.98. The van der Waals surface area contributed by atoms with E-state index in [-0.39, 0.29) is 23.8 Å². The number of benzene rings is 1. The van der Waals surface area contributed by atoms with Crippen molar-refractivity contribution in [3.63, 3.8) is 0 Å². The first kappa shape index (κ1) is 23.1. The van der Waals surface area contributed by atoms with E-state index in [2.05, 4.69) is 17.4 Å². The number of thiophene rings is 1. The van der Waals surface area contributed by atoms with Gasteiger partial charge in [0.15, 0.2) is 0 Å². The molecule has 1 aromatic carbocycles. The van der Waals surface area contributed by atoms with Gasteiger partial charge in [0.05, 0.1) is 23.4 Å². The van der Waals surface area contributed by atoms with E-state index in [4.69, 9.17) is 9.15 Å². The van der Waals surface area contributed by atoms with Crippen molar-refractivity contribution in [2.45, 2.75) is 38.0 Å². The van der Waals surface area contributed by atoms with Crippen molar-refractivity contribution < 1.29 is 18.7 Å². The molecule has 6 nitrogen and oxygen atoms in total. The lowest BCUT2D eigenvalue weighted by molar-refractivity contribution is -0.121. The van der Waals surface area contributed by atoms with Gasteiger partial charge in [-0.1, -0.05) is 25.0 Å². The van der Waals surface area contributed by atoms with E-state index in [0.29, 0.717) is 11.4 Å². The Labute approximate surface area is 198 Å². The SMILES string of the molecule is CNC(=O)CN(CC1(c2cccc(OC)c2)CCCC1)C(=O)c1ccc(-c2ccc(C)o2)s1. The molecule has 0 saturated heterocycles. The number of hydrogen-bond donors (Lipinski definition) is 1. The highest BCUT2D eigenvalue weighted by Crippen LogP contribution is 2.43. The predicted octanol–water partition coefficient (Wildman–Crippen LogP) is 5.03. The Hall–Kier alpha value is -3.06. The molecule has 174 valence electrons. The van der Waals surface area contributed by atoms with Crippen LogP contribution in [0.1, 0.15) is 46.7 Å². The summed E-state index contributed by atoms with van der Waals surface area (Å²) in [4.78, 5) is 29.2. The maximum absolute atomic E-state index is 13.6. The molecule has 1 aliphatic carbocycles. The molecule has 0 aliphatic heterocycles. The first-order chi connectivity index (χ1) is 15.9. The minimum absolute atomic E-state index is 0.0220. The van der Waals surface area contributed by atoms with Gasteiger partial charge in [0.25, 0.3) is 5.91 Å². The number of furan rings is 1. The average Bonchev–Trinajstić information content (AvgIpc) is 3.59.